The Bertz CT molecular complexity index is 1130. The van der Waals surface area contributed by atoms with Crippen molar-refractivity contribution in [3.05, 3.63) is 71.3 Å². The topological polar surface area (TPSA) is 78.5 Å². The Hall–Kier alpha value is -3.47. The first-order valence-electron chi connectivity index (χ1n) is 8.73. The van der Waals surface area contributed by atoms with Gasteiger partial charge in [0.25, 0.3) is 0 Å². The van der Waals surface area contributed by atoms with Crippen LogP contribution in [0.15, 0.2) is 59.1 Å². The van der Waals surface area contributed by atoms with Gasteiger partial charge in [0.15, 0.2) is 5.58 Å². The predicted octanol–water partition coefficient (Wildman–Crippen LogP) is 5.13. The molecule has 0 spiro atoms. The molecule has 136 valence electrons. The third-order valence-corrected chi connectivity index (χ3v) is 4.82. The molecule has 0 aliphatic carbocycles. The van der Waals surface area contributed by atoms with Crippen molar-refractivity contribution >= 4 is 16.7 Å². The van der Waals surface area contributed by atoms with E-state index >= 15 is 0 Å². The number of rotatable bonds is 4. The zero-order chi connectivity index (χ0) is 19.0. The summed E-state index contributed by atoms with van der Waals surface area (Å²) in [5, 5.41) is 28.8. The van der Waals surface area contributed by atoms with Crippen molar-refractivity contribution in [2.24, 2.45) is 0 Å². The Morgan fingerprint density at radius 3 is 2.56 bits per heavy atom. The average Bonchev–Trinajstić information content (AvgIpc) is 3.08. The number of nitrogens with one attached hydrogen (secondary N) is 1. The van der Waals surface area contributed by atoms with Crippen LogP contribution < -0.4 is 5.32 Å². The van der Waals surface area contributed by atoms with E-state index in [2.05, 4.69) is 36.5 Å². The molecule has 1 aromatic heterocycles. The predicted molar refractivity (Wildman–Crippen MR) is 106 cm³/mol. The molecule has 0 amide bonds. The average molecular weight is 360 g/mol. The van der Waals surface area contributed by atoms with Crippen LogP contribution in [0.5, 0.6) is 11.5 Å². The second kappa shape index (κ2) is 6.68. The van der Waals surface area contributed by atoms with Gasteiger partial charge in [-0.2, -0.15) is 0 Å². The van der Waals surface area contributed by atoms with Gasteiger partial charge in [0, 0.05) is 34.8 Å². The number of nitrogens with zero attached hydrogens (tertiary/aromatic N) is 1. The van der Waals surface area contributed by atoms with Crippen LogP contribution in [0.4, 0.5) is 5.69 Å². The van der Waals surface area contributed by atoms with E-state index in [1.807, 2.05) is 30.3 Å². The van der Waals surface area contributed by atoms with E-state index in [-0.39, 0.29) is 11.5 Å². The number of fused-ring (bicyclic) bond motifs is 1. The van der Waals surface area contributed by atoms with E-state index in [4.69, 9.17) is 4.52 Å². The molecule has 27 heavy (non-hydrogen) atoms. The monoisotopic (exact) mass is 360 g/mol. The minimum absolute atomic E-state index is 0.0281. The maximum absolute atomic E-state index is 10.3. The number of hydrogen-bond donors (Lipinski definition) is 3. The first kappa shape index (κ1) is 17.0. The molecule has 0 unspecified atom stereocenters. The lowest BCUT2D eigenvalue weighted by atomic mass is 10.0. The summed E-state index contributed by atoms with van der Waals surface area (Å²) < 4.78 is 5.34. The molecule has 0 aliphatic rings. The van der Waals surface area contributed by atoms with Crippen LogP contribution in [0.2, 0.25) is 0 Å². The lowest BCUT2D eigenvalue weighted by molar-refractivity contribution is 0.444. The molecule has 4 aromatic rings. The molecule has 1 heterocycles. The summed E-state index contributed by atoms with van der Waals surface area (Å²) >= 11 is 0. The number of phenolic OH excluding ortho intramolecular Hbond substituents is 2. The van der Waals surface area contributed by atoms with E-state index in [0.29, 0.717) is 28.9 Å². The molecule has 0 saturated heterocycles. The normalized spacial score (nSPS) is 11.0. The quantitative estimate of drug-likeness (QED) is 0.470. The van der Waals surface area contributed by atoms with Crippen LogP contribution in [-0.2, 0) is 6.54 Å². The summed E-state index contributed by atoms with van der Waals surface area (Å²) in [5.41, 5.74) is 5.78. The van der Waals surface area contributed by atoms with Gasteiger partial charge in [-0.15, -0.1) is 0 Å². The van der Waals surface area contributed by atoms with Crippen molar-refractivity contribution in [3.8, 4) is 22.8 Å². The number of anilines is 1. The largest absolute Gasteiger partial charge is 0.507 e. The van der Waals surface area contributed by atoms with Crippen LogP contribution in [-0.4, -0.2) is 15.4 Å². The molecule has 0 aliphatic heterocycles. The van der Waals surface area contributed by atoms with E-state index in [0.717, 1.165) is 11.1 Å². The zero-order valence-corrected chi connectivity index (χ0v) is 15.2. The molecule has 0 radical (unpaired) electrons. The Balaban J connectivity index is 1.68. The van der Waals surface area contributed by atoms with Gasteiger partial charge >= 0.3 is 0 Å². The highest BCUT2D eigenvalue weighted by Crippen LogP contribution is 2.37. The van der Waals surface area contributed by atoms with Gasteiger partial charge in [-0.25, -0.2) is 0 Å². The van der Waals surface area contributed by atoms with Crippen molar-refractivity contribution in [3.63, 3.8) is 0 Å². The van der Waals surface area contributed by atoms with E-state index in [1.54, 1.807) is 6.07 Å². The van der Waals surface area contributed by atoms with Crippen LogP contribution in [0, 0.1) is 13.8 Å². The van der Waals surface area contributed by atoms with Crippen molar-refractivity contribution in [1.82, 2.24) is 5.16 Å². The molecule has 0 bridgehead atoms. The summed E-state index contributed by atoms with van der Waals surface area (Å²) in [6.45, 7) is 4.54. The summed E-state index contributed by atoms with van der Waals surface area (Å²) in [6.07, 6.45) is 0. The minimum atomic E-state index is -0.0403. The second-order valence-electron chi connectivity index (χ2n) is 6.68. The van der Waals surface area contributed by atoms with Gasteiger partial charge in [0.1, 0.15) is 17.2 Å². The van der Waals surface area contributed by atoms with Gasteiger partial charge in [0.05, 0.1) is 0 Å². The van der Waals surface area contributed by atoms with Gasteiger partial charge in [-0.05, 0) is 55.3 Å². The van der Waals surface area contributed by atoms with E-state index in [9.17, 15) is 10.2 Å². The molecular weight excluding hydrogens is 340 g/mol. The fourth-order valence-corrected chi connectivity index (χ4v) is 3.08. The molecular formula is C22H20N2O3. The molecule has 0 fully saturated rings. The Kier molecular flexibility index (Phi) is 4.20. The zero-order valence-electron chi connectivity index (χ0n) is 15.2. The maximum Gasteiger partial charge on any atom is 0.167 e. The maximum atomic E-state index is 10.3. The SMILES string of the molecule is Cc1ccc(NCc2cc(-c3noc4ccccc34)c(O)cc2O)cc1C. The first-order chi connectivity index (χ1) is 13.0. The molecule has 3 aromatic carbocycles. The summed E-state index contributed by atoms with van der Waals surface area (Å²) in [5.74, 6) is -0.0122. The number of hydrogen-bond acceptors (Lipinski definition) is 5. The Morgan fingerprint density at radius 2 is 1.74 bits per heavy atom. The number of aromatic nitrogens is 1. The lowest BCUT2D eigenvalue weighted by Gasteiger charge is -2.12. The highest BCUT2D eigenvalue weighted by Gasteiger charge is 2.16. The Morgan fingerprint density at radius 1 is 0.926 bits per heavy atom. The third-order valence-electron chi connectivity index (χ3n) is 4.82. The van der Waals surface area contributed by atoms with Gasteiger partial charge in [-0.3, -0.25) is 0 Å². The Labute approximate surface area is 156 Å². The highest BCUT2D eigenvalue weighted by atomic mass is 16.5. The number of benzene rings is 3. The van der Waals surface area contributed by atoms with Crippen LogP contribution >= 0.6 is 0 Å². The second-order valence-corrected chi connectivity index (χ2v) is 6.68. The molecule has 4 rings (SSSR count). The lowest BCUT2D eigenvalue weighted by Crippen LogP contribution is -2.01. The third kappa shape index (κ3) is 3.19. The standard InChI is InChI=1S/C22H20N2O3/c1-13-7-8-16(9-14(13)2)23-12-15-10-18(20(26)11-19(15)25)22-17-5-3-4-6-21(17)27-24-22/h3-11,23,25-26H,12H2,1-2H3. The number of phenols is 2. The minimum Gasteiger partial charge on any atom is -0.507 e. The smallest absolute Gasteiger partial charge is 0.167 e. The summed E-state index contributed by atoms with van der Waals surface area (Å²) in [4.78, 5) is 0. The van der Waals surface area contributed by atoms with Crippen molar-refractivity contribution in [2.45, 2.75) is 20.4 Å². The van der Waals surface area contributed by atoms with Crippen LogP contribution in [0.25, 0.3) is 22.2 Å². The van der Waals surface area contributed by atoms with Crippen molar-refractivity contribution in [2.75, 3.05) is 5.32 Å². The number of aromatic hydroxyl groups is 2. The van der Waals surface area contributed by atoms with Crippen LogP contribution in [0.1, 0.15) is 16.7 Å². The molecule has 3 N–H and O–H groups in total. The fourth-order valence-electron chi connectivity index (χ4n) is 3.08. The van der Waals surface area contributed by atoms with E-state index < -0.39 is 0 Å². The molecule has 0 saturated carbocycles. The van der Waals surface area contributed by atoms with Gasteiger partial charge in [-0.1, -0.05) is 23.4 Å². The van der Waals surface area contributed by atoms with E-state index in [1.165, 1.54) is 17.2 Å². The van der Waals surface area contributed by atoms with Crippen LogP contribution in [0.3, 0.4) is 0 Å². The number of para-hydroxylation sites is 1. The summed E-state index contributed by atoms with van der Waals surface area (Å²) in [7, 11) is 0. The van der Waals surface area contributed by atoms with Crippen molar-refractivity contribution in [1.29, 1.82) is 0 Å². The molecule has 0 atom stereocenters. The number of aryl methyl sites for hydroxylation is 2. The highest BCUT2D eigenvalue weighted by molar-refractivity contribution is 5.93. The molecule has 5 nitrogen and oxygen atoms in total. The van der Waals surface area contributed by atoms with Gasteiger partial charge in [0.2, 0.25) is 0 Å². The van der Waals surface area contributed by atoms with Gasteiger partial charge < -0.3 is 20.1 Å². The first-order valence-corrected chi connectivity index (χ1v) is 8.73. The summed E-state index contributed by atoms with van der Waals surface area (Å²) in [6, 6.07) is 16.7. The fraction of sp³-hybridized carbons (Fsp3) is 0.136. The van der Waals surface area contributed by atoms with Crippen molar-refractivity contribution < 1.29 is 14.7 Å². The molecule has 5 heteroatoms.